The van der Waals surface area contributed by atoms with E-state index in [9.17, 15) is 9.59 Å². The quantitative estimate of drug-likeness (QED) is 0.582. The number of nitrogens with two attached hydrogens (primary N) is 1. The molecule has 0 aliphatic carbocycles. The molecule has 1 unspecified atom stereocenters. The van der Waals surface area contributed by atoms with E-state index in [1.165, 1.54) is 0 Å². The summed E-state index contributed by atoms with van der Waals surface area (Å²) in [5.74, 6) is 0.550. The molecule has 18 heavy (non-hydrogen) atoms. The summed E-state index contributed by atoms with van der Waals surface area (Å²) in [6.07, 6.45) is 2.46. The Morgan fingerprint density at radius 1 is 1.44 bits per heavy atom. The highest BCUT2D eigenvalue weighted by atomic mass is 32.2. The number of nitrogens with zero attached hydrogens (tertiary/aromatic N) is 1. The van der Waals surface area contributed by atoms with Crippen LogP contribution in [0.1, 0.15) is 20.3 Å². The van der Waals surface area contributed by atoms with E-state index in [4.69, 9.17) is 10.8 Å². The minimum Gasteiger partial charge on any atom is -0.395 e. The number of aliphatic hydroxyl groups is 1. The van der Waals surface area contributed by atoms with Crippen LogP contribution in [-0.4, -0.2) is 59.2 Å². The van der Waals surface area contributed by atoms with Gasteiger partial charge in [0.1, 0.15) is 6.04 Å². The molecular formula is C11H23N3O3S. The molecule has 0 heterocycles. The fourth-order valence-corrected chi connectivity index (χ4v) is 2.07. The van der Waals surface area contributed by atoms with Gasteiger partial charge in [-0.2, -0.15) is 11.8 Å². The highest BCUT2D eigenvalue weighted by Gasteiger charge is 2.26. The average Bonchev–Trinajstić information content (AvgIpc) is 2.29. The Bertz CT molecular complexity index is 274. The zero-order valence-electron chi connectivity index (χ0n) is 11.2. The lowest BCUT2D eigenvalue weighted by atomic mass is 10.1. The van der Waals surface area contributed by atoms with E-state index >= 15 is 0 Å². The third-order valence-electron chi connectivity index (χ3n) is 2.47. The van der Waals surface area contributed by atoms with Crippen molar-refractivity contribution in [1.82, 2.24) is 10.2 Å². The lowest BCUT2D eigenvalue weighted by Gasteiger charge is -2.30. The van der Waals surface area contributed by atoms with Crippen LogP contribution in [0.2, 0.25) is 0 Å². The van der Waals surface area contributed by atoms with Crippen molar-refractivity contribution in [3.05, 3.63) is 0 Å². The average molecular weight is 277 g/mol. The molecule has 0 aromatic carbocycles. The predicted octanol–water partition coefficient (Wildman–Crippen LogP) is 0.00570. The van der Waals surface area contributed by atoms with E-state index in [0.29, 0.717) is 6.42 Å². The van der Waals surface area contributed by atoms with Crippen molar-refractivity contribution in [1.29, 1.82) is 0 Å². The van der Waals surface area contributed by atoms with Crippen LogP contribution in [-0.2, 0) is 4.79 Å². The summed E-state index contributed by atoms with van der Waals surface area (Å²) < 4.78 is 0. The topological polar surface area (TPSA) is 95.7 Å². The Kier molecular flexibility index (Phi) is 8.57. The Labute approximate surface area is 112 Å². The first-order chi connectivity index (χ1) is 8.43. The second-order valence-electron chi connectivity index (χ2n) is 4.19. The molecular weight excluding hydrogens is 254 g/mol. The number of hydrogen-bond acceptors (Lipinski definition) is 4. The highest BCUT2D eigenvalue weighted by Crippen LogP contribution is 2.07. The molecule has 7 heteroatoms. The number of urea groups is 1. The van der Waals surface area contributed by atoms with Gasteiger partial charge in [-0.05, 0) is 32.3 Å². The van der Waals surface area contributed by atoms with Gasteiger partial charge in [-0.15, -0.1) is 0 Å². The number of rotatable bonds is 8. The van der Waals surface area contributed by atoms with Crippen LogP contribution in [0, 0.1) is 0 Å². The SMILES string of the molecule is CSCCC(NC(N)=O)C(=O)N(CCO)C(C)C. The van der Waals surface area contributed by atoms with Gasteiger partial charge in [-0.3, -0.25) is 4.79 Å². The van der Waals surface area contributed by atoms with Gasteiger partial charge in [0.05, 0.1) is 6.61 Å². The van der Waals surface area contributed by atoms with Crippen molar-refractivity contribution in [3.8, 4) is 0 Å². The summed E-state index contributed by atoms with van der Waals surface area (Å²) in [4.78, 5) is 24.7. The van der Waals surface area contributed by atoms with Crippen LogP contribution in [0.25, 0.3) is 0 Å². The van der Waals surface area contributed by atoms with Crippen molar-refractivity contribution in [2.75, 3.05) is 25.2 Å². The summed E-state index contributed by atoms with van der Waals surface area (Å²) >= 11 is 1.60. The van der Waals surface area contributed by atoms with Crippen LogP contribution >= 0.6 is 11.8 Å². The zero-order chi connectivity index (χ0) is 14.1. The van der Waals surface area contributed by atoms with Gasteiger partial charge in [-0.25, -0.2) is 4.79 Å². The molecule has 0 aliphatic rings. The van der Waals surface area contributed by atoms with Crippen LogP contribution in [0.3, 0.4) is 0 Å². The maximum Gasteiger partial charge on any atom is 0.312 e. The van der Waals surface area contributed by atoms with Crippen LogP contribution in [0.15, 0.2) is 0 Å². The smallest absolute Gasteiger partial charge is 0.312 e. The Hall–Kier alpha value is -0.950. The molecule has 0 bridgehead atoms. The van der Waals surface area contributed by atoms with Gasteiger partial charge in [-0.1, -0.05) is 0 Å². The Balaban J connectivity index is 4.72. The van der Waals surface area contributed by atoms with E-state index in [1.807, 2.05) is 20.1 Å². The fraction of sp³-hybridized carbons (Fsp3) is 0.818. The molecule has 0 spiro atoms. The lowest BCUT2D eigenvalue weighted by Crippen LogP contribution is -2.52. The van der Waals surface area contributed by atoms with Gasteiger partial charge in [0.15, 0.2) is 0 Å². The van der Waals surface area contributed by atoms with Crippen molar-refractivity contribution in [3.63, 3.8) is 0 Å². The summed E-state index contributed by atoms with van der Waals surface area (Å²) in [5.41, 5.74) is 5.08. The number of primary amides is 1. The van der Waals surface area contributed by atoms with Crippen LogP contribution in [0.4, 0.5) is 4.79 Å². The van der Waals surface area contributed by atoms with Gasteiger partial charge >= 0.3 is 6.03 Å². The number of hydrogen-bond donors (Lipinski definition) is 3. The van der Waals surface area contributed by atoms with E-state index < -0.39 is 12.1 Å². The highest BCUT2D eigenvalue weighted by molar-refractivity contribution is 7.98. The van der Waals surface area contributed by atoms with Gasteiger partial charge in [0.25, 0.3) is 0 Å². The fourth-order valence-electron chi connectivity index (χ4n) is 1.60. The first-order valence-corrected chi connectivity index (χ1v) is 7.29. The molecule has 0 saturated heterocycles. The Morgan fingerprint density at radius 3 is 2.44 bits per heavy atom. The lowest BCUT2D eigenvalue weighted by molar-refractivity contribution is -0.135. The van der Waals surface area contributed by atoms with Gasteiger partial charge < -0.3 is 21.1 Å². The maximum absolute atomic E-state index is 12.3. The van der Waals surface area contributed by atoms with Crippen LogP contribution in [0.5, 0.6) is 0 Å². The third-order valence-corrected chi connectivity index (χ3v) is 3.12. The standard InChI is InChI=1S/C11H23N3O3S/c1-8(2)14(5-6-15)10(16)9(4-7-18-3)13-11(12)17/h8-9,15H,4-7H2,1-3H3,(H3,12,13,17). The van der Waals surface area contributed by atoms with E-state index in [2.05, 4.69) is 5.32 Å². The van der Waals surface area contributed by atoms with Crippen molar-refractivity contribution < 1.29 is 14.7 Å². The van der Waals surface area contributed by atoms with Gasteiger partial charge in [0.2, 0.25) is 5.91 Å². The normalized spacial score (nSPS) is 12.3. The summed E-state index contributed by atoms with van der Waals surface area (Å²) in [6, 6.07) is -1.36. The molecule has 3 amide bonds. The molecule has 0 rings (SSSR count). The molecule has 0 fully saturated rings. The molecule has 0 saturated carbocycles. The van der Waals surface area contributed by atoms with Crippen molar-refractivity contribution >= 4 is 23.7 Å². The van der Waals surface area contributed by atoms with Crippen molar-refractivity contribution in [2.45, 2.75) is 32.4 Å². The molecule has 106 valence electrons. The molecule has 1 atom stereocenters. The number of amides is 3. The molecule has 0 aromatic rings. The largest absolute Gasteiger partial charge is 0.395 e. The monoisotopic (exact) mass is 277 g/mol. The summed E-state index contributed by atoms with van der Waals surface area (Å²) in [7, 11) is 0. The molecule has 0 aromatic heterocycles. The molecule has 0 radical (unpaired) electrons. The molecule has 4 N–H and O–H groups in total. The first-order valence-electron chi connectivity index (χ1n) is 5.90. The predicted molar refractivity (Wildman–Crippen MR) is 73.4 cm³/mol. The number of nitrogens with one attached hydrogen (secondary N) is 1. The second kappa shape index (κ2) is 9.04. The molecule has 6 nitrogen and oxygen atoms in total. The van der Waals surface area contributed by atoms with E-state index in [1.54, 1.807) is 16.7 Å². The maximum atomic E-state index is 12.3. The van der Waals surface area contributed by atoms with E-state index in [0.717, 1.165) is 5.75 Å². The van der Waals surface area contributed by atoms with Crippen molar-refractivity contribution in [2.24, 2.45) is 5.73 Å². The Morgan fingerprint density at radius 2 is 2.06 bits per heavy atom. The van der Waals surface area contributed by atoms with E-state index in [-0.39, 0.29) is 25.1 Å². The minimum absolute atomic E-state index is 0.0314. The number of thioether (sulfide) groups is 1. The van der Waals surface area contributed by atoms with Crippen LogP contribution < -0.4 is 11.1 Å². The first kappa shape index (κ1) is 17.1. The molecule has 0 aliphatic heterocycles. The summed E-state index contributed by atoms with van der Waals surface area (Å²) in [5, 5.41) is 11.4. The number of aliphatic hydroxyl groups excluding tert-OH is 1. The second-order valence-corrected chi connectivity index (χ2v) is 5.18. The van der Waals surface area contributed by atoms with Gasteiger partial charge in [0, 0.05) is 12.6 Å². The minimum atomic E-state index is -0.706. The number of carbonyl (C=O) groups is 2. The summed E-state index contributed by atoms with van der Waals surface area (Å²) in [6.45, 7) is 3.88. The zero-order valence-corrected chi connectivity index (χ0v) is 12.0. The third kappa shape index (κ3) is 6.11. The number of carbonyl (C=O) groups excluding carboxylic acids is 2.